The molecule has 0 bridgehead atoms. The predicted molar refractivity (Wildman–Crippen MR) is 81.4 cm³/mol. The van der Waals surface area contributed by atoms with E-state index in [-0.39, 0.29) is 17.6 Å². The molecule has 3 nitrogen and oxygen atoms in total. The maximum Gasteiger partial charge on any atom is 0.223 e. The molecule has 0 fully saturated rings. The lowest BCUT2D eigenvalue weighted by Gasteiger charge is -2.20. The van der Waals surface area contributed by atoms with Gasteiger partial charge in [-0.05, 0) is 31.2 Å². The van der Waals surface area contributed by atoms with Crippen molar-refractivity contribution in [3.63, 3.8) is 0 Å². The van der Waals surface area contributed by atoms with Crippen LogP contribution in [0.15, 0.2) is 30.3 Å². The molecule has 0 saturated carbocycles. The lowest BCUT2D eigenvalue weighted by atomic mass is 9.96. The Hall–Kier alpha value is -1.64. The van der Waals surface area contributed by atoms with Crippen molar-refractivity contribution in [2.24, 2.45) is 11.8 Å². The van der Waals surface area contributed by atoms with Crippen molar-refractivity contribution < 1.29 is 9.59 Å². The van der Waals surface area contributed by atoms with Crippen LogP contribution in [0, 0.1) is 11.8 Å². The molecule has 0 aromatic heterocycles. The molecule has 0 radical (unpaired) electrons. The fourth-order valence-electron chi connectivity index (χ4n) is 2.27. The third-order valence-corrected chi connectivity index (χ3v) is 3.36. The fraction of sp³-hybridized carbons (Fsp3) is 0.529. The number of nitrogens with one attached hydrogen (secondary N) is 1. The normalized spacial score (nSPS) is 13.8. The average Bonchev–Trinajstić information content (AvgIpc) is 2.38. The number of carbonyl (C=O) groups is 2. The molecule has 1 N–H and O–H groups in total. The second kappa shape index (κ2) is 7.83. The zero-order valence-corrected chi connectivity index (χ0v) is 12.8. The van der Waals surface area contributed by atoms with Gasteiger partial charge >= 0.3 is 0 Å². The fourth-order valence-corrected chi connectivity index (χ4v) is 2.27. The summed E-state index contributed by atoms with van der Waals surface area (Å²) in [7, 11) is 0. The van der Waals surface area contributed by atoms with Gasteiger partial charge in [-0.3, -0.25) is 9.59 Å². The largest absolute Gasteiger partial charge is 0.346 e. The van der Waals surface area contributed by atoms with E-state index < -0.39 is 6.04 Å². The molecule has 1 rings (SSSR count). The van der Waals surface area contributed by atoms with Crippen LogP contribution in [0.2, 0.25) is 0 Å². The van der Waals surface area contributed by atoms with Gasteiger partial charge in [-0.2, -0.15) is 0 Å². The van der Waals surface area contributed by atoms with Crippen LogP contribution in [0.1, 0.15) is 39.7 Å². The summed E-state index contributed by atoms with van der Waals surface area (Å²) in [5.41, 5.74) is 1.06. The minimum atomic E-state index is -0.431. The summed E-state index contributed by atoms with van der Waals surface area (Å²) < 4.78 is 0. The van der Waals surface area contributed by atoms with Crippen LogP contribution >= 0.6 is 0 Å². The lowest BCUT2D eigenvalue weighted by molar-refractivity contribution is -0.129. The summed E-state index contributed by atoms with van der Waals surface area (Å²) >= 11 is 0. The molecule has 0 unspecified atom stereocenters. The zero-order valence-electron chi connectivity index (χ0n) is 12.8. The molecule has 0 heterocycles. The number of benzene rings is 1. The van der Waals surface area contributed by atoms with Gasteiger partial charge in [0.05, 0.1) is 6.04 Å². The zero-order chi connectivity index (χ0) is 15.1. The minimum Gasteiger partial charge on any atom is -0.346 e. The topological polar surface area (TPSA) is 46.2 Å². The van der Waals surface area contributed by atoms with Gasteiger partial charge in [0, 0.05) is 5.92 Å². The van der Waals surface area contributed by atoms with Gasteiger partial charge in [-0.1, -0.05) is 51.1 Å². The Bertz CT molecular complexity index is 440. The van der Waals surface area contributed by atoms with Crippen molar-refractivity contribution in [2.75, 3.05) is 0 Å². The molecular formula is C17H25NO2. The first-order chi connectivity index (χ1) is 9.40. The van der Waals surface area contributed by atoms with E-state index in [2.05, 4.69) is 19.2 Å². The molecule has 0 aliphatic carbocycles. The molecule has 20 heavy (non-hydrogen) atoms. The van der Waals surface area contributed by atoms with Crippen LogP contribution in [-0.2, 0) is 16.0 Å². The first kappa shape index (κ1) is 16.4. The number of amides is 1. The van der Waals surface area contributed by atoms with E-state index in [1.54, 1.807) is 0 Å². The highest BCUT2D eigenvalue weighted by Gasteiger charge is 2.21. The molecule has 2 atom stereocenters. The van der Waals surface area contributed by atoms with Gasteiger partial charge in [0.25, 0.3) is 0 Å². The second-order valence-electron chi connectivity index (χ2n) is 5.89. The Kier molecular flexibility index (Phi) is 6.43. The summed E-state index contributed by atoms with van der Waals surface area (Å²) in [6, 6.07) is 9.33. The van der Waals surface area contributed by atoms with Crippen molar-refractivity contribution in [1.82, 2.24) is 5.32 Å². The first-order valence-electron chi connectivity index (χ1n) is 7.25. The number of hydrogen-bond donors (Lipinski definition) is 1. The van der Waals surface area contributed by atoms with Crippen molar-refractivity contribution in [2.45, 2.75) is 46.6 Å². The summed E-state index contributed by atoms with van der Waals surface area (Å²) in [6.45, 7) is 7.63. The van der Waals surface area contributed by atoms with E-state index >= 15 is 0 Å². The summed E-state index contributed by atoms with van der Waals surface area (Å²) in [5.74, 6) is 0.377. The Morgan fingerprint density at radius 3 is 2.20 bits per heavy atom. The van der Waals surface area contributed by atoms with Crippen LogP contribution < -0.4 is 5.32 Å². The molecule has 3 heteroatoms. The Morgan fingerprint density at radius 1 is 1.10 bits per heavy atom. The monoisotopic (exact) mass is 275 g/mol. The number of ketones is 1. The standard InChI is InChI=1S/C17H25NO2/c1-12(2)10-13(3)17(20)18-16(14(4)19)11-15-8-6-5-7-9-15/h5-9,12-13,16H,10-11H2,1-4H3,(H,18,20)/t13-,16+/m0/s1. The van der Waals surface area contributed by atoms with E-state index in [9.17, 15) is 9.59 Å². The average molecular weight is 275 g/mol. The minimum absolute atomic E-state index is 0.000972. The van der Waals surface area contributed by atoms with Crippen LogP contribution in [-0.4, -0.2) is 17.7 Å². The predicted octanol–water partition coefficient (Wildman–Crippen LogP) is 2.99. The second-order valence-corrected chi connectivity index (χ2v) is 5.89. The van der Waals surface area contributed by atoms with Gasteiger partial charge in [-0.25, -0.2) is 0 Å². The highest BCUT2D eigenvalue weighted by Crippen LogP contribution is 2.12. The van der Waals surface area contributed by atoms with Gasteiger partial charge < -0.3 is 5.32 Å². The lowest BCUT2D eigenvalue weighted by Crippen LogP contribution is -2.43. The van der Waals surface area contributed by atoms with Gasteiger partial charge in [0.2, 0.25) is 5.91 Å². The maximum atomic E-state index is 12.1. The van der Waals surface area contributed by atoms with E-state index in [0.717, 1.165) is 12.0 Å². The third kappa shape index (κ3) is 5.55. The van der Waals surface area contributed by atoms with E-state index in [4.69, 9.17) is 0 Å². The first-order valence-corrected chi connectivity index (χ1v) is 7.25. The molecular weight excluding hydrogens is 250 g/mol. The molecule has 110 valence electrons. The van der Waals surface area contributed by atoms with Crippen LogP contribution in [0.25, 0.3) is 0 Å². The molecule has 0 spiro atoms. The highest BCUT2D eigenvalue weighted by molar-refractivity contribution is 5.88. The van der Waals surface area contributed by atoms with Crippen molar-refractivity contribution in [3.05, 3.63) is 35.9 Å². The summed E-state index contributed by atoms with van der Waals surface area (Å²) in [5, 5.41) is 2.88. The molecule has 1 aromatic rings. The molecule has 0 saturated heterocycles. The quantitative estimate of drug-likeness (QED) is 0.831. The van der Waals surface area contributed by atoms with E-state index in [1.165, 1.54) is 6.92 Å². The highest BCUT2D eigenvalue weighted by atomic mass is 16.2. The van der Waals surface area contributed by atoms with Crippen molar-refractivity contribution in [1.29, 1.82) is 0 Å². The molecule has 1 aromatic carbocycles. The van der Waals surface area contributed by atoms with Crippen LogP contribution in [0.3, 0.4) is 0 Å². The number of hydrogen-bond acceptors (Lipinski definition) is 2. The Balaban J connectivity index is 2.64. The van der Waals surface area contributed by atoms with E-state index in [1.807, 2.05) is 37.3 Å². The van der Waals surface area contributed by atoms with Gasteiger partial charge in [0.15, 0.2) is 5.78 Å². The Morgan fingerprint density at radius 2 is 1.70 bits per heavy atom. The smallest absolute Gasteiger partial charge is 0.223 e. The summed E-state index contributed by atoms with van der Waals surface area (Å²) in [6.07, 6.45) is 1.39. The van der Waals surface area contributed by atoms with Gasteiger partial charge in [-0.15, -0.1) is 0 Å². The molecule has 0 aliphatic heterocycles. The van der Waals surface area contributed by atoms with Crippen LogP contribution in [0.4, 0.5) is 0 Å². The van der Waals surface area contributed by atoms with Crippen molar-refractivity contribution in [3.8, 4) is 0 Å². The molecule has 1 amide bonds. The van der Waals surface area contributed by atoms with Crippen molar-refractivity contribution >= 4 is 11.7 Å². The van der Waals surface area contributed by atoms with E-state index in [0.29, 0.717) is 12.3 Å². The number of rotatable bonds is 7. The Labute approximate surface area is 121 Å². The molecule has 0 aliphatic rings. The maximum absolute atomic E-state index is 12.1. The van der Waals surface area contributed by atoms with Crippen LogP contribution in [0.5, 0.6) is 0 Å². The SMILES string of the molecule is CC(=O)[C@@H](Cc1ccccc1)NC(=O)[C@@H](C)CC(C)C. The summed E-state index contributed by atoms with van der Waals surface area (Å²) in [4.78, 5) is 23.8. The number of carbonyl (C=O) groups excluding carboxylic acids is 2. The van der Waals surface area contributed by atoms with Gasteiger partial charge in [0.1, 0.15) is 0 Å². The number of Topliss-reactive ketones (excluding diaryl/α,β-unsaturated/α-hetero) is 1. The third-order valence-electron chi connectivity index (χ3n) is 3.36.